The van der Waals surface area contributed by atoms with Crippen molar-refractivity contribution >= 4 is 23.4 Å². The summed E-state index contributed by atoms with van der Waals surface area (Å²) in [4.78, 5) is 8.21. The summed E-state index contributed by atoms with van der Waals surface area (Å²) in [6, 6.07) is 8.74. The van der Waals surface area contributed by atoms with Crippen molar-refractivity contribution in [3.63, 3.8) is 0 Å². The van der Waals surface area contributed by atoms with Gasteiger partial charge in [0.25, 0.3) is 0 Å². The first-order valence-electron chi connectivity index (χ1n) is 5.18. The van der Waals surface area contributed by atoms with E-state index in [-0.39, 0.29) is 6.61 Å². The second-order valence-electron chi connectivity index (χ2n) is 3.38. The Balaban J connectivity index is 2.30. The van der Waals surface area contributed by atoms with Gasteiger partial charge in [0, 0.05) is 11.6 Å². The number of aromatic nitrogens is 2. The summed E-state index contributed by atoms with van der Waals surface area (Å²) in [5.41, 5.74) is 0.693. The highest BCUT2D eigenvalue weighted by molar-refractivity contribution is 7.98. The molecule has 4 nitrogen and oxygen atoms in total. The Morgan fingerprint density at radius 3 is 2.83 bits per heavy atom. The molecule has 0 aliphatic heterocycles. The molecule has 94 valence electrons. The number of halogens is 1. The number of thioether (sulfide) groups is 1. The maximum Gasteiger partial charge on any atom is 0.224 e. The molecule has 0 saturated heterocycles. The minimum absolute atomic E-state index is 0.0929. The van der Waals surface area contributed by atoms with E-state index in [1.54, 1.807) is 12.1 Å². The molecule has 6 heteroatoms. The Kier molecular flexibility index (Phi) is 4.41. The van der Waals surface area contributed by atoms with E-state index in [0.29, 0.717) is 27.5 Å². The number of aliphatic hydroxyl groups is 1. The lowest BCUT2D eigenvalue weighted by Crippen LogP contribution is -1.95. The Hall–Kier alpha value is -1.30. The number of benzene rings is 1. The fourth-order valence-corrected chi connectivity index (χ4v) is 1.96. The summed E-state index contributed by atoms with van der Waals surface area (Å²) < 4.78 is 5.61. The van der Waals surface area contributed by atoms with Crippen LogP contribution in [0.2, 0.25) is 5.15 Å². The highest BCUT2D eigenvalue weighted by Gasteiger charge is 2.07. The molecule has 0 atom stereocenters. The molecule has 0 aliphatic carbocycles. The van der Waals surface area contributed by atoms with Crippen LogP contribution in [0.5, 0.6) is 11.6 Å². The molecular weight excluding hydrogens is 272 g/mol. The van der Waals surface area contributed by atoms with Crippen molar-refractivity contribution in [1.82, 2.24) is 9.97 Å². The fraction of sp³-hybridized carbons (Fsp3) is 0.167. The first-order chi connectivity index (χ1) is 8.72. The first-order valence-corrected chi connectivity index (χ1v) is 6.78. The zero-order valence-electron chi connectivity index (χ0n) is 9.63. The van der Waals surface area contributed by atoms with E-state index < -0.39 is 0 Å². The maximum atomic E-state index is 9.21. The van der Waals surface area contributed by atoms with Crippen molar-refractivity contribution in [1.29, 1.82) is 0 Å². The lowest BCUT2D eigenvalue weighted by atomic mass is 10.2. The van der Waals surface area contributed by atoms with Crippen LogP contribution in [-0.2, 0) is 6.61 Å². The first kappa shape index (κ1) is 13.1. The van der Waals surface area contributed by atoms with Crippen LogP contribution in [0.3, 0.4) is 0 Å². The Morgan fingerprint density at radius 1 is 1.33 bits per heavy atom. The van der Waals surface area contributed by atoms with Gasteiger partial charge < -0.3 is 9.84 Å². The standard InChI is InChI=1S/C12H11ClN2O2S/c1-18-12-14-10(13)6-11(15-12)17-9-5-3-2-4-8(9)7-16/h2-6,16H,7H2,1H3. The maximum absolute atomic E-state index is 9.21. The molecule has 0 amide bonds. The lowest BCUT2D eigenvalue weighted by Gasteiger charge is -2.09. The van der Waals surface area contributed by atoms with Gasteiger partial charge in [-0.15, -0.1) is 0 Å². The van der Waals surface area contributed by atoms with Gasteiger partial charge in [-0.1, -0.05) is 41.6 Å². The third-order valence-corrected chi connectivity index (χ3v) is 2.93. The number of hydrogen-bond acceptors (Lipinski definition) is 5. The second kappa shape index (κ2) is 6.04. The van der Waals surface area contributed by atoms with Gasteiger partial charge in [-0.05, 0) is 12.3 Å². The second-order valence-corrected chi connectivity index (χ2v) is 4.54. The number of aliphatic hydroxyl groups excluding tert-OH is 1. The monoisotopic (exact) mass is 282 g/mol. The van der Waals surface area contributed by atoms with Gasteiger partial charge in [-0.3, -0.25) is 0 Å². The molecule has 2 rings (SSSR count). The van der Waals surface area contributed by atoms with E-state index in [0.717, 1.165) is 0 Å². The predicted molar refractivity (Wildman–Crippen MR) is 71.3 cm³/mol. The average Bonchev–Trinajstić information content (AvgIpc) is 2.38. The summed E-state index contributed by atoms with van der Waals surface area (Å²) in [5, 5.41) is 10.1. The van der Waals surface area contributed by atoms with Gasteiger partial charge in [0.1, 0.15) is 10.9 Å². The molecule has 0 unspecified atom stereocenters. The molecule has 0 bridgehead atoms. The van der Waals surface area contributed by atoms with Crippen LogP contribution in [0, 0.1) is 0 Å². The van der Waals surface area contributed by atoms with Crippen molar-refractivity contribution in [3.8, 4) is 11.6 Å². The molecule has 0 fully saturated rings. The lowest BCUT2D eigenvalue weighted by molar-refractivity contribution is 0.276. The SMILES string of the molecule is CSc1nc(Cl)cc(Oc2ccccc2CO)n1. The van der Waals surface area contributed by atoms with E-state index >= 15 is 0 Å². The third kappa shape index (κ3) is 3.13. The highest BCUT2D eigenvalue weighted by Crippen LogP contribution is 2.26. The third-order valence-electron chi connectivity index (χ3n) is 2.19. The zero-order chi connectivity index (χ0) is 13.0. The fourth-order valence-electron chi connectivity index (χ4n) is 1.37. The molecule has 1 aromatic heterocycles. The van der Waals surface area contributed by atoms with Crippen LogP contribution in [0.15, 0.2) is 35.5 Å². The molecule has 1 heterocycles. The molecule has 2 aromatic rings. The minimum Gasteiger partial charge on any atom is -0.438 e. The van der Waals surface area contributed by atoms with E-state index in [2.05, 4.69) is 9.97 Å². The number of nitrogens with zero attached hydrogens (tertiary/aromatic N) is 2. The van der Waals surface area contributed by atoms with Gasteiger partial charge >= 0.3 is 0 Å². The van der Waals surface area contributed by atoms with E-state index in [1.807, 2.05) is 18.4 Å². The largest absolute Gasteiger partial charge is 0.438 e. The molecule has 0 spiro atoms. The quantitative estimate of drug-likeness (QED) is 0.530. The Bertz CT molecular complexity index is 551. The minimum atomic E-state index is -0.0929. The molecule has 0 saturated carbocycles. The summed E-state index contributed by atoms with van der Waals surface area (Å²) in [6.45, 7) is -0.0929. The van der Waals surface area contributed by atoms with Gasteiger partial charge in [0.15, 0.2) is 5.16 Å². The van der Waals surface area contributed by atoms with Crippen LogP contribution in [-0.4, -0.2) is 21.3 Å². The van der Waals surface area contributed by atoms with Crippen molar-refractivity contribution in [2.75, 3.05) is 6.26 Å². The molecule has 18 heavy (non-hydrogen) atoms. The molecule has 0 aliphatic rings. The van der Waals surface area contributed by atoms with Crippen LogP contribution >= 0.6 is 23.4 Å². The number of ether oxygens (including phenoxy) is 1. The normalized spacial score (nSPS) is 10.4. The summed E-state index contributed by atoms with van der Waals surface area (Å²) in [7, 11) is 0. The average molecular weight is 283 g/mol. The van der Waals surface area contributed by atoms with Crippen LogP contribution < -0.4 is 4.74 Å². The van der Waals surface area contributed by atoms with Crippen LogP contribution in [0.4, 0.5) is 0 Å². The van der Waals surface area contributed by atoms with Crippen molar-refractivity contribution in [3.05, 3.63) is 41.0 Å². The van der Waals surface area contributed by atoms with Gasteiger partial charge in [-0.2, -0.15) is 4.98 Å². The van der Waals surface area contributed by atoms with Crippen molar-refractivity contribution < 1.29 is 9.84 Å². The molecular formula is C12H11ClN2O2S. The van der Waals surface area contributed by atoms with E-state index in [1.165, 1.54) is 17.8 Å². The Labute approximate surface area is 114 Å². The summed E-state index contributed by atoms with van der Waals surface area (Å²) in [5.74, 6) is 0.919. The number of para-hydroxylation sites is 1. The highest BCUT2D eigenvalue weighted by atomic mass is 35.5. The van der Waals surface area contributed by atoms with Crippen molar-refractivity contribution in [2.24, 2.45) is 0 Å². The Morgan fingerprint density at radius 2 is 2.11 bits per heavy atom. The summed E-state index contributed by atoms with van der Waals surface area (Å²) in [6.07, 6.45) is 1.86. The van der Waals surface area contributed by atoms with Crippen LogP contribution in [0.1, 0.15) is 5.56 Å². The van der Waals surface area contributed by atoms with Crippen molar-refractivity contribution in [2.45, 2.75) is 11.8 Å². The van der Waals surface area contributed by atoms with Gasteiger partial charge in [0.2, 0.25) is 5.88 Å². The van der Waals surface area contributed by atoms with Crippen LogP contribution in [0.25, 0.3) is 0 Å². The number of rotatable bonds is 4. The van der Waals surface area contributed by atoms with E-state index in [4.69, 9.17) is 16.3 Å². The smallest absolute Gasteiger partial charge is 0.224 e. The zero-order valence-corrected chi connectivity index (χ0v) is 11.2. The topological polar surface area (TPSA) is 55.2 Å². The van der Waals surface area contributed by atoms with Gasteiger partial charge in [0.05, 0.1) is 6.61 Å². The number of hydrogen-bond donors (Lipinski definition) is 1. The molecule has 0 radical (unpaired) electrons. The summed E-state index contributed by atoms with van der Waals surface area (Å²) >= 11 is 7.26. The predicted octanol–water partition coefficient (Wildman–Crippen LogP) is 3.14. The van der Waals surface area contributed by atoms with Gasteiger partial charge in [-0.25, -0.2) is 4.98 Å². The molecule has 1 aromatic carbocycles. The molecule has 1 N–H and O–H groups in total. The van der Waals surface area contributed by atoms with E-state index in [9.17, 15) is 5.11 Å².